The molecule has 2 unspecified atom stereocenters. The molecule has 6 heteroatoms. The molecule has 1 aliphatic heterocycles. The molecule has 88 valence electrons. The van der Waals surface area contributed by atoms with Gasteiger partial charge in [-0.2, -0.15) is 0 Å². The smallest absolute Gasteiger partial charge is 0.174 e. The molecule has 2 rings (SSSR count). The first-order valence-corrected chi connectivity index (χ1v) is 5.95. The zero-order valence-electron chi connectivity index (χ0n) is 8.91. The van der Waals surface area contributed by atoms with Crippen LogP contribution in [0.15, 0.2) is 6.07 Å². The van der Waals surface area contributed by atoms with Crippen LogP contribution in [0, 0.1) is 5.92 Å². The molecule has 0 aromatic carbocycles. The number of hydrogen-bond acceptors (Lipinski definition) is 4. The van der Waals surface area contributed by atoms with Gasteiger partial charge in [-0.15, -0.1) is 10.2 Å². The van der Waals surface area contributed by atoms with Crippen molar-refractivity contribution in [2.24, 2.45) is 5.92 Å². The van der Waals surface area contributed by atoms with Gasteiger partial charge in [0.1, 0.15) is 0 Å². The van der Waals surface area contributed by atoms with Crippen LogP contribution in [0.4, 0.5) is 5.69 Å². The van der Waals surface area contributed by atoms with Gasteiger partial charge in [-0.25, -0.2) is 0 Å². The third-order valence-electron chi connectivity index (χ3n) is 2.77. The molecule has 1 aromatic rings. The van der Waals surface area contributed by atoms with Crippen LogP contribution in [0.5, 0.6) is 0 Å². The van der Waals surface area contributed by atoms with Crippen LogP contribution in [-0.2, 0) is 4.74 Å². The fourth-order valence-corrected chi connectivity index (χ4v) is 2.06. The summed E-state index contributed by atoms with van der Waals surface area (Å²) in [5.74, 6) is 0.503. The van der Waals surface area contributed by atoms with Gasteiger partial charge in [0.2, 0.25) is 0 Å². The van der Waals surface area contributed by atoms with E-state index in [9.17, 15) is 0 Å². The van der Waals surface area contributed by atoms with E-state index < -0.39 is 0 Å². The average molecular weight is 262 g/mol. The third-order valence-corrected chi connectivity index (χ3v) is 3.24. The van der Waals surface area contributed by atoms with Crippen molar-refractivity contribution in [3.05, 3.63) is 16.4 Å². The zero-order chi connectivity index (χ0) is 11.5. The summed E-state index contributed by atoms with van der Waals surface area (Å²) in [5.41, 5.74) is 0.723. The average Bonchev–Trinajstić information content (AvgIpc) is 2.76. The summed E-state index contributed by atoms with van der Waals surface area (Å²) in [4.78, 5) is 0. The molecule has 0 bridgehead atoms. The second-order valence-corrected chi connectivity index (χ2v) is 4.67. The summed E-state index contributed by atoms with van der Waals surface area (Å²) in [7, 11) is 0. The molecule has 1 saturated heterocycles. The Morgan fingerprint density at radius 1 is 1.50 bits per heavy atom. The lowest BCUT2D eigenvalue weighted by molar-refractivity contribution is 0.183. The van der Waals surface area contributed by atoms with Crippen LogP contribution in [0.3, 0.4) is 0 Å². The Morgan fingerprint density at radius 3 is 3.00 bits per heavy atom. The molecule has 16 heavy (non-hydrogen) atoms. The monoisotopic (exact) mass is 261 g/mol. The topological polar surface area (TPSA) is 47.0 Å². The van der Waals surface area contributed by atoms with Crippen LogP contribution < -0.4 is 5.32 Å². The molecule has 0 aliphatic carbocycles. The molecule has 0 amide bonds. The van der Waals surface area contributed by atoms with Gasteiger partial charge in [0.15, 0.2) is 10.3 Å². The van der Waals surface area contributed by atoms with E-state index in [1.165, 1.54) is 0 Å². The molecule has 1 aliphatic rings. The van der Waals surface area contributed by atoms with E-state index in [-0.39, 0.29) is 6.04 Å². The third kappa shape index (κ3) is 2.75. The number of ether oxygens (including phenoxy) is 1. The van der Waals surface area contributed by atoms with Gasteiger partial charge >= 0.3 is 0 Å². The van der Waals surface area contributed by atoms with Gasteiger partial charge in [0.05, 0.1) is 12.3 Å². The second kappa shape index (κ2) is 5.17. The van der Waals surface area contributed by atoms with Crippen molar-refractivity contribution >= 4 is 28.9 Å². The number of halogens is 2. The Labute approximate surface area is 104 Å². The van der Waals surface area contributed by atoms with Crippen LogP contribution >= 0.6 is 23.2 Å². The van der Waals surface area contributed by atoms with Crippen molar-refractivity contribution in [1.29, 1.82) is 0 Å². The highest BCUT2D eigenvalue weighted by Gasteiger charge is 2.22. The predicted molar refractivity (Wildman–Crippen MR) is 64.1 cm³/mol. The normalized spacial score (nSPS) is 22.1. The molecule has 1 aromatic heterocycles. The van der Waals surface area contributed by atoms with E-state index in [4.69, 9.17) is 27.9 Å². The summed E-state index contributed by atoms with van der Waals surface area (Å²) in [5, 5.41) is 11.4. The summed E-state index contributed by atoms with van der Waals surface area (Å²) < 4.78 is 5.34. The summed E-state index contributed by atoms with van der Waals surface area (Å²) in [6.07, 6.45) is 1.07. The van der Waals surface area contributed by atoms with Crippen LogP contribution in [0.1, 0.15) is 13.3 Å². The van der Waals surface area contributed by atoms with Crippen molar-refractivity contribution < 1.29 is 4.74 Å². The molecule has 1 N–H and O–H groups in total. The van der Waals surface area contributed by atoms with E-state index in [1.807, 2.05) is 0 Å². The molecule has 2 heterocycles. The minimum atomic E-state index is 0.278. The lowest BCUT2D eigenvalue weighted by atomic mass is 10.0. The molecule has 1 fully saturated rings. The van der Waals surface area contributed by atoms with Crippen LogP contribution in [0.25, 0.3) is 0 Å². The summed E-state index contributed by atoms with van der Waals surface area (Å²) in [6, 6.07) is 1.96. The first kappa shape index (κ1) is 11.9. The largest absolute Gasteiger partial charge is 0.381 e. The highest BCUT2D eigenvalue weighted by atomic mass is 35.5. The number of anilines is 1. The highest BCUT2D eigenvalue weighted by Crippen LogP contribution is 2.25. The first-order chi connectivity index (χ1) is 7.66. The maximum atomic E-state index is 5.92. The second-order valence-electron chi connectivity index (χ2n) is 3.93. The number of nitrogens with one attached hydrogen (secondary N) is 1. The lowest BCUT2D eigenvalue weighted by Crippen LogP contribution is -2.26. The van der Waals surface area contributed by atoms with E-state index in [0.29, 0.717) is 16.2 Å². The van der Waals surface area contributed by atoms with Crippen molar-refractivity contribution in [3.8, 4) is 0 Å². The Balaban J connectivity index is 2.04. The number of nitrogens with zero attached hydrogens (tertiary/aromatic N) is 2. The minimum Gasteiger partial charge on any atom is -0.381 e. The maximum absolute atomic E-state index is 5.92. The SMILES string of the molecule is CC(Nc1cc(Cl)nnc1Cl)C1CCOC1. The van der Waals surface area contributed by atoms with Gasteiger partial charge in [-0.05, 0) is 13.3 Å². The van der Waals surface area contributed by atoms with Crippen molar-refractivity contribution in [3.63, 3.8) is 0 Å². The molecule has 0 spiro atoms. The van der Waals surface area contributed by atoms with Crippen LogP contribution in [0.2, 0.25) is 10.3 Å². The van der Waals surface area contributed by atoms with Crippen molar-refractivity contribution in [2.45, 2.75) is 19.4 Å². The molecule has 4 nitrogen and oxygen atoms in total. The molecule has 2 atom stereocenters. The fraction of sp³-hybridized carbons (Fsp3) is 0.600. The van der Waals surface area contributed by atoms with E-state index in [2.05, 4.69) is 22.4 Å². The van der Waals surface area contributed by atoms with E-state index in [0.717, 1.165) is 25.3 Å². The standard InChI is InChI=1S/C10H13Cl2N3O/c1-6(7-2-3-16-5-7)13-8-4-9(11)14-15-10(8)12/h4,6-7H,2-3,5H2,1H3,(H,13,14). The molecule has 0 saturated carbocycles. The summed E-state index contributed by atoms with van der Waals surface area (Å²) in [6.45, 7) is 3.72. The number of rotatable bonds is 3. The highest BCUT2D eigenvalue weighted by molar-refractivity contribution is 6.33. The van der Waals surface area contributed by atoms with Gasteiger partial charge in [-0.3, -0.25) is 0 Å². The van der Waals surface area contributed by atoms with E-state index >= 15 is 0 Å². The number of hydrogen-bond donors (Lipinski definition) is 1. The maximum Gasteiger partial charge on any atom is 0.174 e. The van der Waals surface area contributed by atoms with Crippen LogP contribution in [-0.4, -0.2) is 29.5 Å². The minimum absolute atomic E-state index is 0.278. The first-order valence-electron chi connectivity index (χ1n) is 5.20. The fourth-order valence-electron chi connectivity index (χ4n) is 1.76. The zero-order valence-corrected chi connectivity index (χ0v) is 10.4. The molecule has 0 radical (unpaired) electrons. The van der Waals surface area contributed by atoms with Crippen molar-refractivity contribution in [2.75, 3.05) is 18.5 Å². The van der Waals surface area contributed by atoms with Gasteiger partial charge < -0.3 is 10.1 Å². The van der Waals surface area contributed by atoms with E-state index in [1.54, 1.807) is 6.07 Å². The Hall–Kier alpha value is -0.580. The quantitative estimate of drug-likeness (QED) is 0.909. The number of aromatic nitrogens is 2. The van der Waals surface area contributed by atoms with Crippen molar-refractivity contribution in [1.82, 2.24) is 10.2 Å². The van der Waals surface area contributed by atoms with Gasteiger partial charge in [0.25, 0.3) is 0 Å². The Bertz CT molecular complexity index is 369. The lowest BCUT2D eigenvalue weighted by Gasteiger charge is -2.20. The van der Waals surface area contributed by atoms with Gasteiger partial charge in [-0.1, -0.05) is 23.2 Å². The van der Waals surface area contributed by atoms with Gasteiger partial charge in [0, 0.05) is 24.6 Å². The predicted octanol–water partition coefficient (Wildman–Crippen LogP) is 2.62. The Kier molecular flexibility index (Phi) is 3.84. The Morgan fingerprint density at radius 2 is 2.31 bits per heavy atom. The molecular weight excluding hydrogens is 249 g/mol. The summed E-state index contributed by atoms with van der Waals surface area (Å²) >= 11 is 11.7. The molecular formula is C10H13Cl2N3O.